The lowest BCUT2D eigenvalue weighted by molar-refractivity contribution is -0.801. The van der Waals surface area contributed by atoms with E-state index in [2.05, 4.69) is 25.3 Å². The molecule has 2 aliphatic heterocycles. The van der Waals surface area contributed by atoms with Crippen molar-refractivity contribution in [1.82, 2.24) is 4.90 Å². The average Bonchev–Trinajstić information content (AvgIpc) is 2.68. The second kappa shape index (κ2) is 6.69. The van der Waals surface area contributed by atoms with Crippen LogP contribution in [0, 0.1) is 0 Å². The Hall–Kier alpha value is -1.91. The fourth-order valence-corrected chi connectivity index (χ4v) is 3.03. The molecule has 0 spiro atoms. The van der Waals surface area contributed by atoms with Gasteiger partial charge in [-0.25, -0.2) is 4.99 Å². The molecule has 2 heterocycles. The van der Waals surface area contributed by atoms with Crippen molar-refractivity contribution < 1.29 is 9.69 Å². The molecule has 0 bridgehead atoms. The first-order chi connectivity index (χ1) is 11.0. The number of nitrogens with one attached hydrogen (secondary N) is 1. The Balaban J connectivity index is 1.98. The summed E-state index contributed by atoms with van der Waals surface area (Å²) in [6.45, 7) is 0.746. The molecule has 1 aromatic carbocycles. The standard InChI is InChI=1S/C18H20ClN3O/c1-21(2)12-14-5-3-4-10-22-17(14)20-16(18(22)23)11-13-6-8-15(19)9-7-13/h6-9,11-12H,3-5,10H2,1-2H3/p+1/b14-12?,16-11+. The molecular formula is C18H21ClN3O+. The van der Waals surface area contributed by atoms with E-state index in [9.17, 15) is 4.79 Å². The van der Waals surface area contributed by atoms with Crippen LogP contribution in [0.25, 0.3) is 6.08 Å². The lowest BCUT2D eigenvalue weighted by Crippen LogP contribution is -3.00. The van der Waals surface area contributed by atoms with Crippen LogP contribution in [0.2, 0.25) is 5.02 Å². The Morgan fingerprint density at radius 1 is 1.22 bits per heavy atom. The van der Waals surface area contributed by atoms with E-state index in [4.69, 9.17) is 11.6 Å². The second-order valence-electron chi connectivity index (χ2n) is 6.18. The van der Waals surface area contributed by atoms with Gasteiger partial charge in [0, 0.05) is 17.1 Å². The summed E-state index contributed by atoms with van der Waals surface area (Å²) in [7, 11) is 4.15. The molecule has 0 radical (unpaired) electrons. The number of nitrogens with zero attached hydrogens (tertiary/aromatic N) is 2. The zero-order chi connectivity index (χ0) is 16.4. The van der Waals surface area contributed by atoms with Crippen LogP contribution in [-0.2, 0) is 4.79 Å². The van der Waals surface area contributed by atoms with Gasteiger partial charge in [0.15, 0.2) is 0 Å². The Morgan fingerprint density at radius 2 is 1.96 bits per heavy atom. The number of amides is 1. The molecule has 0 unspecified atom stereocenters. The molecule has 1 aromatic rings. The Labute approximate surface area is 141 Å². The van der Waals surface area contributed by atoms with E-state index in [1.54, 1.807) is 0 Å². The van der Waals surface area contributed by atoms with Crippen molar-refractivity contribution in [2.45, 2.75) is 19.3 Å². The molecule has 0 atom stereocenters. The molecular weight excluding hydrogens is 310 g/mol. The van der Waals surface area contributed by atoms with Gasteiger partial charge >= 0.3 is 0 Å². The normalized spacial score (nSPS) is 21.8. The monoisotopic (exact) mass is 330 g/mol. The fraction of sp³-hybridized carbons (Fsp3) is 0.333. The summed E-state index contributed by atoms with van der Waals surface area (Å²) >= 11 is 5.91. The van der Waals surface area contributed by atoms with Gasteiger partial charge in [-0.05, 0) is 43.0 Å². The van der Waals surface area contributed by atoms with Gasteiger partial charge in [0.25, 0.3) is 5.91 Å². The van der Waals surface area contributed by atoms with Crippen LogP contribution < -0.4 is 4.90 Å². The molecule has 0 saturated carbocycles. The van der Waals surface area contributed by atoms with E-state index >= 15 is 0 Å². The zero-order valence-corrected chi connectivity index (χ0v) is 14.2. The fourth-order valence-electron chi connectivity index (χ4n) is 2.90. The molecule has 120 valence electrons. The minimum absolute atomic E-state index is 0.00324. The highest BCUT2D eigenvalue weighted by Gasteiger charge is 2.33. The van der Waals surface area contributed by atoms with E-state index in [0.29, 0.717) is 10.7 Å². The van der Waals surface area contributed by atoms with Gasteiger partial charge in [0.2, 0.25) is 0 Å². The number of quaternary nitrogens is 1. The van der Waals surface area contributed by atoms with Crippen LogP contribution in [0.5, 0.6) is 0 Å². The third-order valence-electron chi connectivity index (χ3n) is 3.95. The minimum Gasteiger partial charge on any atom is -0.313 e. The summed E-state index contributed by atoms with van der Waals surface area (Å²) in [5, 5.41) is 0.685. The van der Waals surface area contributed by atoms with Gasteiger partial charge in [0.1, 0.15) is 17.7 Å². The maximum absolute atomic E-state index is 12.7. The van der Waals surface area contributed by atoms with Crippen molar-refractivity contribution in [3.8, 4) is 0 Å². The first-order valence-electron chi connectivity index (χ1n) is 7.93. The number of benzene rings is 1. The van der Waals surface area contributed by atoms with E-state index in [1.807, 2.05) is 35.2 Å². The van der Waals surface area contributed by atoms with Crippen molar-refractivity contribution in [1.29, 1.82) is 0 Å². The van der Waals surface area contributed by atoms with E-state index in [1.165, 1.54) is 4.90 Å². The molecule has 0 aliphatic carbocycles. The van der Waals surface area contributed by atoms with E-state index in [0.717, 1.165) is 42.8 Å². The Kier molecular flexibility index (Phi) is 4.64. The summed E-state index contributed by atoms with van der Waals surface area (Å²) in [6.07, 6.45) is 7.06. The van der Waals surface area contributed by atoms with Crippen molar-refractivity contribution in [2.24, 2.45) is 4.99 Å². The molecule has 2 aliphatic rings. The highest BCUT2D eigenvalue weighted by atomic mass is 35.5. The minimum atomic E-state index is -0.00324. The quantitative estimate of drug-likeness (QED) is 0.829. The Bertz CT molecular complexity index is 701. The van der Waals surface area contributed by atoms with Crippen LogP contribution in [0.4, 0.5) is 0 Å². The molecule has 0 aromatic heterocycles. The predicted octanol–water partition coefficient (Wildman–Crippen LogP) is 2.13. The van der Waals surface area contributed by atoms with Gasteiger partial charge in [-0.3, -0.25) is 9.69 Å². The molecule has 4 nitrogen and oxygen atoms in total. The highest BCUT2D eigenvalue weighted by molar-refractivity contribution is 6.30. The lowest BCUT2D eigenvalue weighted by atomic mass is 10.1. The van der Waals surface area contributed by atoms with E-state index in [-0.39, 0.29) is 5.91 Å². The maximum atomic E-state index is 12.7. The highest BCUT2D eigenvalue weighted by Crippen LogP contribution is 2.27. The number of aliphatic imine (C=N–C) groups is 1. The van der Waals surface area contributed by atoms with Crippen molar-refractivity contribution in [2.75, 3.05) is 20.6 Å². The van der Waals surface area contributed by atoms with Crippen LogP contribution in [-0.4, -0.2) is 37.3 Å². The first-order valence-corrected chi connectivity index (χ1v) is 8.31. The lowest BCUT2D eigenvalue weighted by Gasteiger charge is -2.15. The van der Waals surface area contributed by atoms with Gasteiger partial charge in [0.05, 0.1) is 14.1 Å². The molecule has 1 saturated heterocycles. The van der Waals surface area contributed by atoms with Crippen molar-refractivity contribution >= 4 is 29.4 Å². The number of rotatable bonds is 2. The number of amidine groups is 1. The number of hydrogen-bond donors (Lipinski definition) is 1. The van der Waals surface area contributed by atoms with Crippen molar-refractivity contribution in [3.63, 3.8) is 0 Å². The second-order valence-corrected chi connectivity index (χ2v) is 6.61. The van der Waals surface area contributed by atoms with Gasteiger partial charge in [-0.15, -0.1) is 0 Å². The van der Waals surface area contributed by atoms with Crippen LogP contribution in [0.15, 0.2) is 46.7 Å². The third-order valence-corrected chi connectivity index (χ3v) is 4.20. The van der Waals surface area contributed by atoms with Crippen LogP contribution in [0.1, 0.15) is 24.8 Å². The third kappa shape index (κ3) is 3.54. The number of carbonyl (C=O) groups excluding carboxylic acids is 1. The topological polar surface area (TPSA) is 37.1 Å². The summed E-state index contributed by atoms with van der Waals surface area (Å²) < 4.78 is 0. The van der Waals surface area contributed by atoms with Gasteiger partial charge < -0.3 is 4.90 Å². The summed E-state index contributed by atoms with van der Waals surface area (Å²) in [5.74, 6) is 0.824. The summed E-state index contributed by atoms with van der Waals surface area (Å²) in [5.41, 5.74) is 2.60. The molecule has 23 heavy (non-hydrogen) atoms. The molecule has 3 rings (SSSR count). The maximum Gasteiger partial charge on any atom is 0.278 e. The first kappa shape index (κ1) is 16.0. The van der Waals surface area contributed by atoms with Crippen molar-refractivity contribution in [3.05, 3.63) is 52.3 Å². The number of carbonyl (C=O) groups is 1. The summed E-state index contributed by atoms with van der Waals surface area (Å²) in [4.78, 5) is 20.4. The number of hydrogen-bond acceptors (Lipinski definition) is 2. The van der Waals surface area contributed by atoms with Crippen LogP contribution in [0.3, 0.4) is 0 Å². The molecule has 5 heteroatoms. The smallest absolute Gasteiger partial charge is 0.278 e. The van der Waals surface area contributed by atoms with Gasteiger partial charge in [-0.1, -0.05) is 23.7 Å². The van der Waals surface area contributed by atoms with E-state index < -0.39 is 0 Å². The molecule has 1 N–H and O–H groups in total. The molecule has 1 fully saturated rings. The van der Waals surface area contributed by atoms with Crippen LogP contribution >= 0.6 is 11.6 Å². The largest absolute Gasteiger partial charge is 0.313 e. The average molecular weight is 331 g/mol. The number of fused-ring (bicyclic) bond motifs is 1. The van der Waals surface area contributed by atoms with Gasteiger partial charge in [-0.2, -0.15) is 0 Å². The Morgan fingerprint density at radius 3 is 2.65 bits per heavy atom. The SMILES string of the molecule is C[NH+](C)C=C1CCCCN2C(=O)/C(=C\c3ccc(Cl)cc3)N=C12. The number of halogens is 1. The zero-order valence-electron chi connectivity index (χ0n) is 13.5. The predicted molar refractivity (Wildman–Crippen MR) is 93.3 cm³/mol. The molecule has 1 amide bonds. The summed E-state index contributed by atoms with van der Waals surface area (Å²) in [6, 6.07) is 7.43.